The van der Waals surface area contributed by atoms with Crippen LogP contribution in [0.3, 0.4) is 0 Å². The van der Waals surface area contributed by atoms with Crippen LogP contribution in [0.25, 0.3) is 0 Å². The van der Waals surface area contributed by atoms with Gasteiger partial charge >= 0.3 is 30.3 Å². The molecule has 0 aliphatic carbocycles. The molecule has 2 aliphatic heterocycles. The zero-order chi connectivity index (χ0) is 22.2. The number of cyclic esters (lactones) is 2. The van der Waals surface area contributed by atoms with Gasteiger partial charge < -0.3 is 14.6 Å². The van der Waals surface area contributed by atoms with E-state index in [1.165, 1.54) is 0 Å². The summed E-state index contributed by atoms with van der Waals surface area (Å²) in [5.74, 6) is -6.29. The average molecular weight is 432 g/mol. The Bertz CT molecular complexity index is 1130. The molecular weight excluding hydrogens is 426 g/mol. The van der Waals surface area contributed by atoms with E-state index in [9.17, 15) is 40.7 Å². The minimum atomic E-state index is -5.98. The van der Waals surface area contributed by atoms with Crippen molar-refractivity contribution in [1.29, 1.82) is 0 Å². The fourth-order valence-corrected chi connectivity index (χ4v) is 3.57. The predicted octanol–water partition coefficient (Wildman–Crippen LogP) is 4.21. The molecule has 2 heterocycles. The molecule has 0 bridgehead atoms. The van der Waals surface area contributed by atoms with Gasteiger partial charge in [-0.2, -0.15) is 26.3 Å². The van der Waals surface area contributed by atoms with Crippen LogP contribution < -0.4 is 4.74 Å². The van der Waals surface area contributed by atoms with Crippen LogP contribution in [0, 0.1) is 0 Å². The molecule has 0 amide bonds. The summed E-state index contributed by atoms with van der Waals surface area (Å²) in [6, 6.07) is 2.27. The Morgan fingerprint density at radius 2 is 1.33 bits per heavy atom. The number of carbonyl (C=O) groups is 3. The predicted molar refractivity (Wildman–Crippen MR) is 82.6 cm³/mol. The maximum Gasteiger partial charge on any atom is 0.411 e. The molecule has 2 aliphatic rings. The lowest BCUT2D eigenvalue weighted by molar-refractivity contribution is -0.290. The van der Waals surface area contributed by atoms with Crippen LogP contribution in [-0.2, 0) is 10.2 Å². The van der Waals surface area contributed by atoms with Crippen LogP contribution in [-0.4, -0.2) is 35.4 Å². The first-order valence-electron chi connectivity index (χ1n) is 7.93. The molecule has 0 radical (unpaired) electrons. The molecule has 0 spiro atoms. The van der Waals surface area contributed by atoms with Crippen molar-refractivity contribution in [2.45, 2.75) is 17.8 Å². The molecule has 2 aromatic carbocycles. The number of ether oxygens (including phenoxy) is 2. The van der Waals surface area contributed by atoms with Crippen molar-refractivity contribution < 1.29 is 55.3 Å². The van der Waals surface area contributed by atoms with Crippen LogP contribution >= 0.6 is 0 Å². The number of rotatable bonds is 1. The van der Waals surface area contributed by atoms with Crippen molar-refractivity contribution in [3.63, 3.8) is 0 Å². The number of hydrogen-bond acceptors (Lipinski definition) is 5. The molecule has 2 aromatic rings. The third-order valence-electron chi connectivity index (χ3n) is 4.85. The molecule has 0 saturated carbocycles. The van der Waals surface area contributed by atoms with Gasteiger partial charge in [0, 0.05) is 11.1 Å². The topological polar surface area (TPSA) is 89.9 Å². The molecule has 0 atom stereocenters. The Morgan fingerprint density at radius 3 is 1.87 bits per heavy atom. The standard InChI is InChI=1S/C18H6F6O6/c19-17(20,21)16(18(22,23)24)9-2-1-6(13(25)26)3-11(9)29-12-5-8-7(4-10(12)16)14(27)30-15(8)28/h1-5H,(H,25,26). The van der Waals surface area contributed by atoms with Gasteiger partial charge in [-0.3, -0.25) is 0 Å². The number of halogens is 6. The summed E-state index contributed by atoms with van der Waals surface area (Å²) in [5, 5.41) is 9.02. The van der Waals surface area contributed by atoms with Gasteiger partial charge in [-0.25, -0.2) is 14.4 Å². The molecule has 12 heteroatoms. The molecule has 0 aromatic heterocycles. The van der Waals surface area contributed by atoms with Crippen LogP contribution in [0.4, 0.5) is 26.3 Å². The van der Waals surface area contributed by atoms with E-state index in [1.807, 2.05) is 0 Å². The monoisotopic (exact) mass is 432 g/mol. The highest BCUT2D eigenvalue weighted by Gasteiger charge is 2.75. The third-order valence-corrected chi connectivity index (χ3v) is 4.85. The van der Waals surface area contributed by atoms with Gasteiger partial charge in [-0.1, -0.05) is 6.07 Å². The first-order valence-corrected chi connectivity index (χ1v) is 7.93. The lowest BCUT2D eigenvalue weighted by Gasteiger charge is -2.42. The quantitative estimate of drug-likeness (QED) is 0.413. The number of esters is 2. The minimum absolute atomic E-state index is 0.271. The maximum absolute atomic E-state index is 14.2. The normalized spacial score (nSPS) is 16.9. The largest absolute Gasteiger partial charge is 0.478 e. The number of carbonyl (C=O) groups excluding carboxylic acids is 2. The maximum atomic E-state index is 14.2. The number of carboxylic acids is 1. The van der Waals surface area contributed by atoms with Crippen molar-refractivity contribution in [2.75, 3.05) is 0 Å². The summed E-state index contributed by atoms with van der Waals surface area (Å²) in [6.07, 6.45) is -12.0. The van der Waals surface area contributed by atoms with Gasteiger partial charge in [-0.15, -0.1) is 0 Å². The highest BCUT2D eigenvalue weighted by atomic mass is 19.4. The van der Waals surface area contributed by atoms with Crippen molar-refractivity contribution >= 4 is 17.9 Å². The van der Waals surface area contributed by atoms with Crippen molar-refractivity contribution in [2.24, 2.45) is 0 Å². The second-order valence-electron chi connectivity index (χ2n) is 6.43. The Labute approximate surface area is 161 Å². The number of aromatic carboxylic acids is 1. The summed E-state index contributed by atoms with van der Waals surface area (Å²) in [6.45, 7) is 0. The van der Waals surface area contributed by atoms with Gasteiger partial charge in [0.25, 0.3) is 0 Å². The minimum Gasteiger partial charge on any atom is -0.478 e. The highest BCUT2D eigenvalue weighted by molar-refractivity contribution is 6.15. The first-order chi connectivity index (χ1) is 13.8. The van der Waals surface area contributed by atoms with Gasteiger partial charge in [0.2, 0.25) is 5.41 Å². The fraction of sp³-hybridized carbons (Fsp3) is 0.167. The average Bonchev–Trinajstić information content (AvgIpc) is 2.88. The summed E-state index contributed by atoms with van der Waals surface area (Å²) >= 11 is 0. The van der Waals surface area contributed by atoms with Gasteiger partial charge in [0.1, 0.15) is 11.5 Å². The lowest BCUT2D eigenvalue weighted by atomic mass is 9.70. The van der Waals surface area contributed by atoms with E-state index in [0.29, 0.717) is 24.3 Å². The number of fused-ring (bicyclic) bond motifs is 3. The summed E-state index contributed by atoms with van der Waals surface area (Å²) < 4.78 is 94.3. The molecule has 4 rings (SSSR count). The number of carboxylic acid groups (broad SMARTS) is 1. The van der Waals surface area contributed by atoms with Crippen LogP contribution in [0.2, 0.25) is 0 Å². The van der Waals surface area contributed by atoms with Gasteiger partial charge in [-0.05, 0) is 24.3 Å². The smallest absolute Gasteiger partial charge is 0.411 e. The molecule has 0 fully saturated rings. The van der Waals surface area contributed by atoms with E-state index in [2.05, 4.69) is 4.74 Å². The second kappa shape index (κ2) is 5.74. The zero-order valence-electron chi connectivity index (χ0n) is 14.1. The Balaban J connectivity index is 2.15. The van der Waals surface area contributed by atoms with Crippen LogP contribution in [0.15, 0.2) is 30.3 Å². The van der Waals surface area contributed by atoms with Crippen molar-refractivity contribution in [1.82, 2.24) is 0 Å². The SMILES string of the molecule is O=C(O)c1ccc2c(c1)Oc1cc3c(cc1C2(C(F)(F)F)C(F)(F)F)C(=O)OC3=O. The molecule has 0 unspecified atom stereocenters. The Kier molecular flexibility index (Phi) is 3.77. The number of hydrogen-bond donors (Lipinski definition) is 1. The Hall–Kier alpha value is -3.57. The zero-order valence-corrected chi connectivity index (χ0v) is 14.1. The molecule has 0 saturated heterocycles. The van der Waals surface area contributed by atoms with Gasteiger partial charge in [0.15, 0.2) is 0 Å². The molecule has 156 valence electrons. The highest BCUT2D eigenvalue weighted by Crippen LogP contribution is 2.63. The molecular formula is C18H6F6O6. The van der Waals surface area contributed by atoms with E-state index in [1.54, 1.807) is 0 Å². The van der Waals surface area contributed by atoms with E-state index < -0.39 is 75.0 Å². The van der Waals surface area contributed by atoms with Crippen LogP contribution in [0.5, 0.6) is 11.5 Å². The first kappa shape index (κ1) is 19.7. The summed E-state index contributed by atoms with van der Waals surface area (Å²) in [4.78, 5) is 34.5. The lowest BCUT2D eigenvalue weighted by Crippen LogP contribution is -2.56. The van der Waals surface area contributed by atoms with E-state index in [4.69, 9.17) is 9.84 Å². The van der Waals surface area contributed by atoms with Gasteiger partial charge in [0.05, 0.1) is 16.7 Å². The van der Waals surface area contributed by atoms with Crippen LogP contribution in [0.1, 0.15) is 42.2 Å². The summed E-state index contributed by atoms with van der Waals surface area (Å²) in [5.41, 5.74) is -9.49. The van der Waals surface area contributed by atoms with Crippen molar-refractivity contribution in [3.05, 3.63) is 58.1 Å². The molecule has 1 N–H and O–H groups in total. The Morgan fingerprint density at radius 1 is 0.800 bits per heavy atom. The molecule has 6 nitrogen and oxygen atoms in total. The van der Waals surface area contributed by atoms with E-state index in [0.717, 1.165) is 0 Å². The third kappa shape index (κ3) is 2.36. The molecule has 30 heavy (non-hydrogen) atoms. The van der Waals surface area contributed by atoms with E-state index >= 15 is 0 Å². The van der Waals surface area contributed by atoms with E-state index in [-0.39, 0.29) is 6.07 Å². The number of alkyl halides is 6. The fourth-order valence-electron chi connectivity index (χ4n) is 3.57. The number of benzene rings is 2. The summed E-state index contributed by atoms with van der Waals surface area (Å²) in [7, 11) is 0. The second-order valence-corrected chi connectivity index (χ2v) is 6.43. The van der Waals surface area contributed by atoms with Crippen molar-refractivity contribution in [3.8, 4) is 11.5 Å².